The fourth-order valence-electron chi connectivity index (χ4n) is 7.06. The molecular weight excluding hydrogens is 555 g/mol. The quantitative estimate of drug-likeness (QED) is 0.209. The maximum Gasteiger partial charge on any atom is 0.335 e. The largest absolute Gasteiger partial charge is 0.489 e. The highest BCUT2D eigenvalue weighted by molar-refractivity contribution is 5.98. The number of aromatic nitrogens is 2. The number of likely N-dealkylation sites (N-methyl/N-ethyl adjacent to an activating group) is 1. The molecule has 44 heavy (non-hydrogen) atoms. The van der Waals surface area contributed by atoms with Gasteiger partial charge >= 0.3 is 5.97 Å². The van der Waals surface area contributed by atoms with Crippen LogP contribution in [0.25, 0.3) is 22.2 Å². The molecule has 6 rings (SSSR count). The molecule has 0 spiro atoms. The Bertz CT molecular complexity index is 1600. The van der Waals surface area contributed by atoms with Gasteiger partial charge in [0.15, 0.2) is 0 Å². The van der Waals surface area contributed by atoms with E-state index in [1.54, 1.807) is 24.5 Å². The minimum Gasteiger partial charge on any atom is -0.489 e. The van der Waals surface area contributed by atoms with Crippen molar-refractivity contribution in [3.8, 4) is 17.0 Å². The Morgan fingerprint density at radius 2 is 1.84 bits per heavy atom. The molecule has 1 N–H and O–H groups in total. The zero-order chi connectivity index (χ0) is 30.6. The minimum absolute atomic E-state index is 0.216. The Balaban J connectivity index is 1.48. The highest BCUT2D eigenvalue weighted by atomic mass is 19.1. The lowest BCUT2D eigenvalue weighted by Crippen LogP contribution is -2.37. The number of nitrogens with zero attached hydrogens (tertiary/aromatic N) is 4. The van der Waals surface area contributed by atoms with Crippen LogP contribution in [-0.2, 0) is 19.7 Å². The molecule has 0 amide bonds. The molecular formula is C36H43FN4O3. The van der Waals surface area contributed by atoms with Crippen molar-refractivity contribution in [1.82, 2.24) is 19.4 Å². The monoisotopic (exact) mass is 598 g/mol. The summed E-state index contributed by atoms with van der Waals surface area (Å²) in [5.74, 6) is -0.372. The first-order valence-electron chi connectivity index (χ1n) is 16.1. The lowest BCUT2D eigenvalue weighted by molar-refractivity contribution is 0.0697. The van der Waals surface area contributed by atoms with Crippen LogP contribution in [0.1, 0.15) is 72.5 Å². The third-order valence-electron chi connectivity index (χ3n) is 9.55. The summed E-state index contributed by atoms with van der Waals surface area (Å²) in [6, 6.07) is 15.6. The fraction of sp³-hybridized carbons (Fsp3) is 0.444. The third kappa shape index (κ3) is 6.24. The summed E-state index contributed by atoms with van der Waals surface area (Å²) in [7, 11) is 0. The Kier molecular flexibility index (Phi) is 9.28. The van der Waals surface area contributed by atoms with Gasteiger partial charge in [-0.3, -0.25) is 9.88 Å². The number of hydrogen-bond donors (Lipinski definition) is 1. The van der Waals surface area contributed by atoms with E-state index in [1.807, 2.05) is 24.3 Å². The number of hydrogen-bond acceptors (Lipinski definition) is 5. The number of aromatic carboxylic acids is 1. The molecule has 0 unspecified atom stereocenters. The highest BCUT2D eigenvalue weighted by Crippen LogP contribution is 2.47. The van der Waals surface area contributed by atoms with Crippen molar-refractivity contribution < 1.29 is 19.0 Å². The van der Waals surface area contributed by atoms with E-state index in [1.165, 1.54) is 0 Å². The van der Waals surface area contributed by atoms with Gasteiger partial charge in [0.25, 0.3) is 0 Å². The fourth-order valence-corrected chi connectivity index (χ4v) is 7.06. The molecule has 2 aromatic carbocycles. The number of alkyl halides is 1. The van der Waals surface area contributed by atoms with Gasteiger partial charge in [-0.1, -0.05) is 32.8 Å². The van der Waals surface area contributed by atoms with E-state index in [4.69, 9.17) is 4.74 Å². The number of benzene rings is 2. The second-order valence-corrected chi connectivity index (χ2v) is 12.1. The normalized spacial score (nSPS) is 18.9. The summed E-state index contributed by atoms with van der Waals surface area (Å²) in [6.07, 6.45) is 5.90. The van der Waals surface area contributed by atoms with Crippen molar-refractivity contribution in [2.45, 2.75) is 71.3 Å². The van der Waals surface area contributed by atoms with Gasteiger partial charge in [0.2, 0.25) is 0 Å². The molecule has 232 valence electrons. The van der Waals surface area contributed by atoms with E-state index in [0.717, 1.165) is 103 Å². The molecule has 1 saturated carbocycles. The molecule has 0 saturated heterocycles. The number of halogens is 1. The van der Waals surface area contributed by atoms with Crippen LogP contribution in [0.2, 0.25) is 0 Å². The molecule has 0 bridgehead atoms. The van der Waals surface area contributed by atoms with Crippen LogP contribution in [0.4, 0.5) is 4.39 Å². The molecule has 1 fully saturated rings. The Morgan fingerprint density at radius 3 is 2.59 bits per heavy atom. The number of carbonyl (C=O) groups is 1. The summed E-state index contributed by atoms with van der Waals surface area (Å²) in [4.78, 5) is 21.1. The Hall–Kier alpha value is -3.75. The average Bonchev–Trinajstić information content (AvgIpc) is 3.35. The van der Waals surface area contributed by atoms with Crippen molar-refractivity contribution in [2.75, 3.05) is 32.7 Å². The second-order valence-electron chi connectivity index (χ2n) is 12.1. The van der Waals surface area contributed by atoms with Gasteiger partial charge in [0.1, 0.15) is 18.5 Å². The van der Waals surface area contributed by atoms with Gasteiger partial charge in [-0.2, -0.15) is 0 Å². The molecule has 0 radical (unpaired) electrons. The van der Waals surface area contributed by atoms with E-state index in [0.29, 0.717) is 19.6 Å². The van der Waals surface area contributed by atoms with Crippen molar-refractivity contribution in [1.29, 1.82) is 0 Å². The minimum atomic E-state index is -0.951. The molecule has 2 atom stereocenters. The summed E-state index contributed by atoms with van der Waals surface area (Å²) >= 11 is 0. The van der Waals surface area contributed by atoms with E-state index in [-0.39, 0.29) is 11.5 Å². The summed E-state index contributed by atoms with van der Waals surface area (Å²) in [5.41, 5.74) is 6.48. The van der Waals surface area contributed by atoms with Crippen LogP contribution in [0.15, 0.2) is 60.9 Å². The first kappa shape index (κ1) is 30.3. The zero-order valence-corrected chi connectivity index (χ0v) is 25.8. The molecule has 2 aromatic heterocycles. The van der Waals surface area contributed by atoms with Crippen molar-refractivity contribution in [3.05, 3.63) is 83.2 Å². The number of ether oxygens (including phenoxy) is 1. The SMILES string of the molecule is CCN(CC)CCN1CCn2c(c([C@H]3CCCC[C@@H]3F)c3ccc(C(=O)O)cc32)-c2ccc(OCc3ccncc3)cc2C1. The van der Waals surface area contributed by atoms with Crippen LogP contribution in [0.3, 0.4) is 0 Å². The number of carboxylic acid groups (broad SMARTS) is 1. The lowest BCUT2D eigenvalue weighted by atomic mass is 9.80. The van der Waals surface area contributed by atoms with Crippen LogP contribution < -0.4 is 4.74 Å². The average molecular weight is 599 g/mol. The van der Waals surface area contributed by atoms with E-state index in [9.17, 15) is 9.90 Å². The molecule has 4 aromatic rings. The molecule has 8 heteroatoms. The Morgan fingerprint density at radius 1 is 1.05 bits per heavy atom. The standard InChI is InChI=1S/C36H43FN4O3/c1-3-39(4-2)17-18-40-19-20-41-33-22-26(36(42)43)9-11-31(33)34(30-7-5-6-8-32(30)37)35(41)29-12-10-28(21-27(29)23-40)44-24-25-13-15-38-16-14-25/h9-16,21-22,30,32H,3-8,17-20,23-24H2,1-2H3,(H,42,43)/t30-,32-/m0/s1. The molecule has 2 aliphatic rings. The second kappa shape index (κ2) is 13.5. The zero-order valence-electron chi connectivity index (χ0n) is 25.8. The summed E-state index contributed by atoms with van der Waals surface area (Å²) in [5, 5.41) is 10.9. The highest BCUT2D eigenvalue weighted by Gasteiger charge is 2.34. The van der Waals surface area contributed by atoms with Gasteiger partial charge < -0.3 is 19.3 Å². The smallest absolute Gasteiger partial charge is 0.335 e. The summed E-state index contributed by atoms with van der Waals surface area (Å²) in [6.45, 7) is 11.0. The predicted octanol–water partition coefficient (Wildman–Crippen LogP) is 7.13. The van der Waals surface area contributed by atoms with E-state index < -0.39 is 12.1 Å². The van der Waals surface area contributed by atoms with Crippen LogP contribution in [0, 0.1) is 0 Å². The number of fused-ring (bicyclic) bond motifs is 5. The number of pyridine rings is 1. The van der Waals surface area contributed by atoms with Gasteiger partial charge in [-0.15, -0.1) is 0 Å². The van der Waals surface area contributed by atoms with Crippen LogP contribution >= 0.6 is 0 Å². The van der Waals surface area contributed by atoms with Gasteiger partial charge in [-0.05, 0) is 85.1 Å². The topological polar surface area (TPSA) is 70.8 Å². The maximum atomic E-state index is 15.8. The Labute approximate surface area is 259 Å². The maximum absolute atomic E-state index is 15.8. The molecule has 7 nitrogen and oxygen atoms in total. The van der Waals surface area contributed by atoms with Crippen LogP contribution in [-0.4, -0.2) is 69.3 Å². The van der Waals surface area contributed by atoms with Crippen LogP contribution in [0.5, 0.6) is 5.75 Å². The van der Waals surface area contributed by atoms with Gasteiger partial charge in [-0.25, -0.2) is 9.18 Å². The molecule has 1 aliphatic heterocycles. The first-order valence-corrected chi connectivity index (χ1v) is 16.1. The molecule has 3 heterocycles. The van der Waals surface area contributed by atoms with Gasteiger partial charge in [0.05, 0.1) is 11.3 Å². The van der Waals surface area contributed by atoms with Crippen molar-refractivity contribution in [3.63, 3.8) is 0 Å². The van der Waals surface area contributed by atoms with E-state index in [2.05, 4.69) is 45.3 Å². The number of rotatable bonds is 10. The van der Waals surface area contributed by atoms with Crippen molar-refractivity contribution >= 4 is 16.9 Å². The molecule has 1 aliphatic carbocycles. The van der Waals surface area contributed by atoms with Crippen molar-refractivity contribution in [2.24, 2.45) is 0 Å². The lowest BCUT2D eigenvalue weighted by Gasteiger charge is -2.32. The van der Waals surface area contributed by atoms with Gasteiger partial charge in [0, 0.05) is 67.5 Å². The predicted molar refractivity (Wildman–Crippen MR) is 172 cm³/mol. The summed E-state index contributed by atoms with van der Waals surface area (Å²) < 4.78 is 24.3. The van der Waals surface area contributed by atoms with E-state index >= 15 is 4.39 Å². The third-order valence-corrected chi connectivity index (χ3v) is 9.55. The number of carboxylic acids is 1. The first-order chi connectivity index (χ1) is 21.5.